The van der Waals surface area contributed by atoms with E-state index >= 15 is 0 Å². The topological polar surface area (TPSA) is 100 Å². The second-order valence-electron chi connectivity index (χ2n) is 6.35. The van der Waals surface area contributed by atoms with Crippen LogP contribution in [0.3, 0.4) is 0 Å². The first-order valence-electron chi connectivity index (χ1n) is 9.04. The molecule has 0 aliphatic carbocycles. The molecule has 144 valence electrons. The fourth-order valence-corrected chi connectivity index (χ4v) is 3.03. The monoisotopic (exact) mass is 372 g/mol. The van der Waals surface area contributed by atoms with Crippen LogP contribution in [0.25, 0.3) is 0 Å². The molecule has 0 saturated carbocycles. The first kappa shape index (κ1) is 18.8. The lowest BCUT2D eigenvalue weighted by Gasteiger charge is -2.36. The molecule has 9 heteroatoms. The minimum atomic E-state index is -0.382. The molecule has 1 fully saturated rings. The summed E-state index contributed by atoms with van der Waals surface area (Å²) < 4.78 is 4.89. The van der Waals surface area contributed by atoms with Gasteiger partial charge in [-0.2, -0.15) is 0 Å². The quantitative estimate of drug-likeness (QED) is 0.357. The Bertz CT molecular complexity index is 769. The van der Waals surface area contributed by atoms with Crippen LogP contribution in [-0.4, -0.2) is 58.6 Å². The number of nitrogens with zero attached hydrogens (tertiary/aromatic N) is 5. The highest BCUT2D eigenvalue weighted by Gasteiger charge is 2.20. The number of hydrogen-bond donors (Lipinski definition) is 1. The predicted molar refractivity (Wildman–Crippen MR) is 101 cm³/mol. The van der Waals surface area contributed by atoms with E-state index in [1.807, 2.05) is 19.1 Å². The Kier molecular flexibility index (Phi) is 6.37. The van der Waals surface area contributed by atoms with Crippen LogP contribution in [0.15, 0.2) is 46.1 Å². The molecule has 0 radical (unpaired) electrons. The number of rotatable bonds is 6. The zero-order valence-electron chi connectivity index (χ0n) is 15.4. The molecule has 1 N–H and O–H groups in total. The smallest absolute Gasteiger partial charge is 0.269 e. The van der Waals surface area contributed by atoms with Crippen LogP contribution in [0.5, 0.6) is 0 Å². The molecule has 0 unspecified atom stereocenters. The Hall–Kier alpha value is -2.94. The molecule has 1 aliphatic rings. The van der Waals surface area contributed by atoms with E-state index in [-0.39, 0.29) is 10.6 Å². The van der Waals surface area contributed by atoms with Crippen molar-refractivity contribution in [1.82, 2.24) is 20.3 Å². The third-order valence-electron chi connectivity index (χ3n) is 4.42. The summed E-state index contributed by atoms with van der Waals surface area (Å²) >= 11 is 0. The maximum absolute atomic E-state index is 10.9. The van der Waals surface area contributed by atoms with Crippen molar-refractivity contribution >= 4 is 11.6 Å². The third-order valence-corrected chi connectivity index (χ3v) is 4.42. The van der Waals surface area contributed by atoms with Crippen LogP contribution in [-0.2, 0) is 13.1 Å². The van der Waals surface area contributed by atoms with Crippen molar-refractivity contribution in [1.29, 1.82) is 0 Å². The van der Waals surface area contributed by atoms with Gasteiger partial charge in [0.25, 0.3) is 5.69 Å². The van der Waals surface area contributed by atoms with E-state index in [4.69, 9.17) is 4.52 Å². The third kappa shape index (κ3) is 5.27. The van der Waals surface area contributed by atoms with Crippen LogP contribution in [0.1, 0.15) is 18.2 Å². The average molecular weight is 372 g/mol. The summed E-state index contributed by atoms with van der Waals surface area (Å²) in [6.45, 7) is 7.53. The Morgan fingerprint density at radius 1 is 1.33 bits per heavy atom. The Morgan fingerprint density at radius 2 is 2.15 bits per heavy atom. The molecular formula is C18H24N6O3. The molecular weight excluding hydrogens is 348 g/mol. The van der Waals surface area contributed by atoms with E-state index < -0.39 is 0 Å². The van der Waals surface area contributed by atoms with Gasteiger partial charge in [-0.15, -0.1) is 0 Å². The molecule has 1 aliphatic heterocycles. The van der Waals surface area contributed by atoms with Crippen molar-refractivity contribution < 1.29 is 9.45 Å². The van der Waals surface area contributed by atoms with E-state index in [1.165, 1.54) is 6.07 Å². The minimum Gasteiger partial charge on any atom is -0.364 e. The SMILES string of the molecule is CCNC(=NCc1cccc([N+](=O)[O-])c1)N1CCN(Cc2ccon2)CC1. The van der Waals surface area contributed by atoms with Crippen molar-refractivity contribution in [2.75, 3.05) is 32.7 Å². The number of aliphatic imine (C=N–C) groups is 1. The maximum atomic E-state index is 10.9. The van der Waals surface area contributed by atoms with Crippen molar-refractivity contribution in [3.8, 4) is 0 Å². The van der Waals surface area contributed by atoms with Crippen molar-refractivity contribution in [2.24, 2.45) is 4.99 Å². The van der Waals surface area contributed by atoms with Crippen LogP contribution >= 0.6 is 0 Å². The number of benzene rings is 1. The van der Waals surface area contributed by atoms with Gasteiger partial charge < -0.3 is 14.7 Å². The maximum Gasteiger partial charge on any atom is 0.269 e. The van der Waals surface area contributed by atoms with Gasteiger partial charge >= 0.3 is 0 Å². The van der Waals surface area contributed by atoms with E-state index in [9.17, 15) is 10.1 Å². The Morgan fingerprint density at radius 3 is 2.81 bits per heavy atom. The van der Waals surface area contributed by atoms with Gasteiger partial charge in [-0.05, 0) is 12.5 Å². The van der Waals surface area contributed by atoms with Gasteiger partial charge in [-0.1, -0.05) is 17.3 Å². The van der Waals surface area contributed by atoms with Crippen molar-refractivity contribution in [2.45, 2.75) is 20.0 Å². The summed E-state index contributed by atoms with van der Waals surface area (Å²) in [4.78, 5) is 19.8. The lowest BCUT2D eigenvalue weighted by Crippen LogP contribution is -2.52. The second kappa shape index (κ2) is 9.13. The first-order valence-corrected chi connectivity index (χ1v) is 9.04. The van der Waals surface area contributed by atoms with E-state index in [2.05, 4.69) is 25.3 Å². The van der Waals surface area contributed by atoms with Crippen molar-refractivity contribution in [3.63, 3.8) is 0 Å². The summed E-state index contributed by atoms with van der Waals surface area (Å²) in [6, 6.07) is 8.50. The number of nitro benzene ring substituents is 1. The summed E-state index contributed by atoms with van der Waals surface area (Å²) in [7, 11) is 0. The van der Waals surface area contributed by atoms with Gasteiger partial charge in [-0.25, -0.2) is 4.99 Å². The highest BCUT2D eigenvalue weighted by atomic mass is 16.6. The molecule has 0 atom stereocenters. The predicted octanol–water partition coefficient (Wildman–Crippen LogP) is 1.87. The molecule has 0 bridgehead atoms. The summed E-state index contributed by atoms with van der Waals surface area (Å²) in [5.74, 6) is 0.838. The number of piperazine rings is 1. The van der Waals surface area contributed by atoms with Gasteiger partial charge in [0.05, 0.1) is 17.2 Å². The number of guanidine groups is 1. The van der Waals surface area contributed by atoms with Gasteiger partial charge in [0, 0.05) is 57.5 Å². The van der Waals surface area contributed by atoms with E-state index in [0.29, 0.717) is 6.54 Å². The molecule has 2 heterocycles. The summed E-state index contributed by atoms with van der Waals surface area (Å²) in [6.07, 6.45) is 1.59. The number of hydrogen-bond acceptors (Lipinski definition) is 6. The fourth-order valence-electron chi connectivity index (χ4n) is 3.03. The largest absolute Gasteiger partial charge is 0.364 e. The molecule has 3 rings (SSSR count). The molecule has 1 aromatic carbocycles. The van der Waals surface area contributed by atoms with Crippen LogP contribution in [0.4, 0.5) is 5.69 Å². The molecule has 9 nitrogen and oxygen atoms in total. The number of nitrogens with one attached hydrogen (secondary N) is 1. The van der Waals surface area contributed by atoms with Crippen LogP contribution in [0.2, 0.25) is 0 Å². The van der Waals surface area contributed by atoms with Crippen LogP contribution in [0, 0.1) is 10.1 Å². The first-order chi connectivity index (χ1) is 13.2. The number of aromatic nitrogens is 1. The number of non-ortho nitro benzene ring substituents is 1. The van der Waals surface area contributed by atoms with Gasteiger partial charge in [-0.3, -0.25) is 15.0 Å². The lowest BCUT2D eigenvalue weighted by atomic mass is 10.2. The highest BCUT2D eigenvalue weighted by Crippen LogP contribution is 2.14. The van der Waals surface area contributed by atoms with Crippen LogP contribution < -0.4 is 5.32 Å². The molecule has 0 spiro atoms. The van der Waals surface area contributed by atoms with Crippen molar-refractivity contribution in [3.05, 3.63) is 58.0 Å². The minimum absolute atomic E-state index is 0.0918. The lowest BCUT2D eigenvalue weighted by molar-refractivity contribution is -0.384. The molecule has 27 heavy (non-hydrogen) atoms. The molecule has 1 saturated heterocycles. The summed E-state index contributed by atoms with van der Waals surface area (Å²) in [5.41, 5.74) is 1.85. The van der Waals surface area contributed by atoms with E-state index in [1.54, 1.807) is 18.4 Å². The molecule has 0 amide bonds. The Balaban J connectivity index is 1.59. The highest BCUT2D eigenvalue weighted by molar-refractivity contribution is 5.80. The average Bonchev–Trinajstić information content (AvgIpc) is 3.19. The standard InChI is InChI=1S/C18H24N6O3/c1-2-19-18(20-13-15-4-3-5-17(12-15)24(25)26)23-9-7-22(8-10-23)14-16-6-11-27-21-16/h3-6,11-12H,2,7-10,13-14H2,1H3,(H,19,20). The zero-order chi connectivity index (χ0) is 19.1. The normalized spacial score (nSPS) is 15.7. The zero-order valence-corrected chi connectivity index (χ0v) is 15.4. The fraction of sp³-hybridized carbons (Fsp3) is 0.444. The second-order valence-corrected chi connectivity index (χ2v) is 6.35. The Labute approximate surface area is 157 Å². The van der Waals surface area contributed by atoms with Gasteiger partial charge in [0.2, 0.25) is 0 Å². The van der Waals surface area contributed by atoms with Gasteiger partial charge in [0.1, 0.15) is 6.26 Å². The molecule has 2 aromatic rings. The van der Waals surface area contributed by atoms with E-state index in [0.717, 1.165) is 56.5 Å². The summed E-state index contributed by atoms with van der Waals surface area (Å²) in [5, 5.41) is 18.2. The van der Waals surface area contributed by atoms with Gasteiger partial charge in [0.15, 0.2) is 5.96 Å². The number of nitro groups is 1. The molecule has 1 aromatic heterocycles.